The third-order valence-corrected chi connectivity index (χ3v) is 2.71. The van der Waals surface area contributed by atoms with Crippen LogP contribution in [0.25, 0.3) is 0 Å². The highest BCUT2D eigenvalue weighted by Crippen LogP contribution is 2.24. The van der Waals surface area contributed by atoms with Gasteiger partial charge in [0.25, 0.3) is 0 Å². The molecule has 0 unspecified atom stereocenters. The molecule has 0 spiro atoms. The van der Waals surface area contributed by atoms with Gasteiger partial charge in [0, 0.05) is 16.9 Å². The van der Waals surface area contributed by atoms with Crippen molar-refractivity contribution in [2.24, 2.45) is 0 Å². The van der Waals surface area contributed by atoms with Crippen molar-refractivity contribution >= 4 is 17.6 Å². The molecule has 0 aliphatic rings. The molecule has 1 aromatic carbocycles. The summed E-state index contributed by atoms with van der Waals surface area (Å²) in [6.45, 7) is 2.92. The number of carbonyl (C=O) groups excluding carboxylic acids is 1. The molecular formula is C13H16N2O5. The first kappa shape index (κ1) is 15.6. The minimum atomic E-state index is -1.16. The first-order valence-corrected chi connectivity index (χ1v) is 6.13. The van der Waals surface area contributed by atoms with Crippen molar-refractivity contribution in [3.63, 3.8) is 0 Å². The van der Waals surface area contributed by atoms with Crippen LogP contribution in [0.5, 0.6) is 0 Å². The van der Waals surface area contributed by atoms with Gasteiger partial charge in [0.05, 0.1) is 11.3 Å². The highest BCUT2D eigenvalue weighted by molar-refractivity contribution is 5.94. The fourth-order valence-corrected chi connectivity index (χ4v) is 1.86. The van der Waals surface area contributed by atoms with E-state index in [9.17, 15) is 19.7 Å². The van der Waals surface area contributed by atoms with E-state index in [4.69, 9.17) is 5.11 Å². The summed E-state index contributed by atoms with van der Waals surface area (Å²) in [5.41, 5.74) is 0.973. The van der Waals surface area contributed by atoms with Gasteiger partial charge in [-0.1, -0.05) is 6.92 Å². The van der Waals surface area contributed by atoms with Crippen molar-refractivity contribution in [2.75, 3.05) is 5.32 Å². The molecule has 1 amide bonds. The summed E-state index contributed by atoms with van der Waals surface area (Å²) < 4.78 is 0. The molecule has 0 fully saturated rings. The minimum Gasteiger partial charge on any atom is -0.478 e. The third kappa shape index (κ3) is 4.04. The Hall–Kier alpha value is -2.44. The molecule has 0 saturated carbocycles. The molecule has 108 valence electrons. The van der Waals surface area contributed by atoms with Gasteiger partial charge in [0.1, 0.15) is 0 Å². The van der Waals surface area contributed by atoms with Crippen LogP contribution in [0.4, 0.5) is 5.69 Å². The maximum absolute atomic E-state index is 11.6. The monoisotopic (exact) mass is 280 g/mol. The number of nitrogens with one attached hydrogen (secondary N) is 1. The maximum atomic E-state index is 11.6. The summed E-state index contributed by atoms with van der Waals surface area (Å²) in [6, 6.07) is 2.60. The van der Waals surface area contributed by atoms with Gasteiger partial charge >= 0.3 is 5.97 Å². The van der Waals surface area contributed by atoms with E-state index in [1.54, 1.807) is 6.92 Å². The molecule has 0 aromatic heterocycles. The minimum absolute atomic E-state index is 0.0344. The van der Waals surface area contributed by atoms with Crippen LogP contribution < -0.4 is 5.32 Å². The Morgan fingerprint density at radius 2 is 2.05 bits per heavy atom. The van der Waals surface area contributed by atoms with E-state index in [0.717, 1.165) is 0 Å². The molecule has 1 rings (SSSR count). The molecule has 0 aliphatic carbocycles. The molecule has 0 bridgehead atoms. The van der Waals surface area contributed by atoms with Crippen LogP contribution in [-0.2, 0) is 11.3 Å². The van der Waals surface area contributed by atoms with E-state index in [-0.39, 0.29) is 17.0 Å². The van der Waals surface area contributed by atoms with E-state index < -0.39 is 17.4 Å². The third-order valence-electron chi connectivity index (χ3n) is 2.71. The molecule has 0 heterocycles. The number of anilines is 1. The summed E-state index contributed by atoms with van der Waals surface area (Å²) in [4.78, 5) is 32.7. The van der Waals surface area contributed by atoms with Crippen molar-refractivity contribution in [1.82, 2.24) is 0 Å². The van der Waals surface area contributed by atoms with E-state index in [0.29, 0.717) is 24.1 Å². The van der Waals surface area contributed by atoms with Crippen LogP contribution in [0.3, 0.4) is 0 Å². The van der Waals surface area contributed by atoms with Gasteiger partial charge in [0.2, 0.25) is 12.5 Å². The molecule has 0 radical (unpaired) electrons. The predicted octanol–water partition coefficient (Wildman–Crippen LogP) is 2.21. The molecule has 0 aliphatic heterocycles. The standard InChI is InChI=1S/C13H16N2O5/c1-3-4-11(16)14-12-8(2)5-9(13(17)18)6-10(12)7-15(19)20/h5-6H,3-4,7H2,1-2H3,(H,14,16)(H,17,18). The van der Waals surface area contributed by atoms with Gasteiger partial charge in [-0.15, -0.1) is 0 Å². The fourth-order valence-electron chi connectivity index (χ4n) is 1.86. The lowest BCUT2D eigenvalue weighted by atomic mass is 10.0. The number of nitrogens with zero attached hydrogens (tertiary/aromatic N) is 1. The van der Waals surface area contributed by atoms with Crippen LogP contribution >= 0.6 is 0 Å². The topological polar surface area (TPSA) is 110 Å². The van der Waals surface area contributed by atoms with Crippen molar-refractivity contribution in [2.45, 2.75) is 33.2 Å². The Kier molecular flexibility index (Phi) is 5.19. The van der Waals surface area contributed by atoms with Crippen molar-refractivity contribution in [1.29, 1.82) is 0 Å². The molecule has 1 aromatic rings. The summed E-state index contributed by atoms with van der Waals surface area (Å²) in [7, 11) is 0. The number of aromatic carboxylic acids is 1. The molecule has 0 atom stereocenters. The predicted molar refractivity (Wildman–Crippen MR) is 72.4 cm³/mol. The Morgan fingerprint density at radius 3 is 2.55 bits per heavy atom. The molecule has 20 heavy (non-hydrogen) atoms. The van der Waals surface area contributed by atoms with Crippen molar-refractivity contribution < 1.29 is 19.6 Å². The average Bonchev–Trinajstić information content (AvgIpc) is 2.32. The lowest BCUT2D eigenvalue weighted by Crippen LogP contribution is -2.15. The van der Waals surface area contributed by atoms with E-state index >= 15 is 0 Å². The quantitative estimate of drug-likeness (QED) is 0.613. The van der Waals surface area contributed by atoms with Crippen LogP contribution in [0.2, 0.25) is 0 Å². The largest absolute Gasteiger partial charge is 0.478 e. The van der Waals surface area contributed by atoms with E-state index in [1.807, 2.05) is 6.92 Å². The summed E-state index contributed by atoms with van der Waals surface area (Å²) in [5, 5.41) is 22.3. The molecule has 7 heteroatoms. The highest BCUT2D eigenvalue weighted by Gasteiger charge is 2.17. The smallest absolute Gasteiger partial charge is 0.335 e. The van der Waals surface area contributed by atoms with Crippen LogP contribution in [0.15, 0.2) is 12.1 Å². The van der Waals surface area contributed by atoms with Crippen molar-refractivity contribution in [3.05, 3.63) is 38.9 Å². The van der Waals surface area contributed by atoms with E-state index in [2.05, 4.69) is 5.32 Å². The summed E-state index contributed by atoms with van der Waals surface area (Å²) >= 11 is 0. The SMILES string of the molecule is CCCC(=O)Nc1c(C)cc(C(=O)O)cc1C[N+](=O)[O-]. The number of carboxylic acid groups (broad SMARTS) is 1. The Bertz CT molecular complexity index is 554. The van der Waals surface area contributed by atoms with Crippen LogP contribution in [0, 0.1) is 17.0 Å². The molecular weight excluding hydrogens is 264 g/mol. The van der Waals surface area contributed by atoms with Gasteiger partial charge in [-0.2, -0.15) is 0 Å². The number of benzene rings is 1. The second-order valence-electron chi connectivity index (χ2n) is 4.42. The molecule has 2 N–H and O–H groups in total. The number of rotatable bonds is 6. The highest BCUT2D eigenvalue weighted by atomic mass is 16.6. The number of aryl methyl sites for hydroxylation is 1. The van der Waals surface area contributed by atoms with Crippen LogP contribution in [-0.4, -0.2) is 21.9 Å². The first-order valence-electron chi connectivity index (χ1n) is 6.13. The Morgan fingerprint density at radius 1 is 1.40 bits per heavy atom. The zero-order chi connectivity index (χ0) is 15.3. The van der Waals surface area contributed by atoms with Crippen LogP contribution in [0.1, 0.15) is 41.3 Å². The molecule has 0 saturated heterocycles. The average molecular weight is 280 g/mol. The maximum Gasteiger partial charge on any atom is 0.335 e. The Balaban J connectivity index is 3.22. The van der Waals surface area contributed by atoms with Gasteiger partial charge in [0.15, 0.2) is 0 Å². The zero-order valence-electron chi connectivity index (χ0n) is 11.3. The van der Waals surface area contributed by atoms with Gasteiger partial charge < -0.3 is 10.4 Å². The van der Waals surface area contributed by atoms with Crippen molar-refractivity contribution in [3.8, 4) is 0 Å². The lowest BCUT2D eigenvalue weighted by molar-refractivity contribution is -0.496. The number of carbonyl (C=O) groups is 2. The number of nitro groups is 1. The normalized spacial score (nSPS) is 10.1. The van der Waals surface area contributed by atoms with Gasteiger partial charge in [-0.3, -0.25) is 14.9 Å². The fraction of sp³-hybridized carbons (Fsp3) is 0.385. The number of hydrogen-bond donors (Lipinski definition) is 2. The molecule has 7 nitrogen and oxygen atoms in total. The number of hydrogen-bond acceptors (Lipinski definition) is 4. The van der Waals surface area contributed by atoms with E-state index in [1.165, 1.54) is 12.1 Å². The Labute approximate surface area is 115 Å². The van der Waals surface area contributed by atoms with Gasteiger partial charge in [-0.05, 0) is 31.0 Å². The first-order chi connectivity index (χ1) is 9.35. The summed E-state index contributed by atoms with van der Waals surface area (Å²) in [6.07, 6.45) is 0.959. The second kappa shape index (κ2) is 6.65. The number of carboxylic acids is 1. The second-order valence-corrected chi connectivity index (χ2v) is 4.42. The number of amides is 1. The summed E-state index contributed by atoms with van der Waals surface area (Å²) in [5.74, 6) is -1.41. The lowest BCUT2D eigenvalue weighted by Gasteiger charge is -2.13. The zero-order valence-corrected chi connectivity index (χ0v) is 11.3. The van der Waals surface area contributed by atoms with Gasteiger partial charge in [-0.25, -0.2) is 4.79 Å².